The molecule has 102 valence electrons. The minimum absolute atomic E-state index is 0.0451. The lowest BCUT2D eigenvalue weighted by molar-refractivity contribution is 0.0688. The summed E-state index contributed by atoms with van der Waals surface area (Å²) in [5.74, 6) is -1.36. The maximum absolute atomic E-state index is 12.1. The van der Waals surface area contributed by atoms with Crippen molar-refractivity contribution in [3.8, 4) is 0 Å². The van der Waals surface area contributed by atoms with E-state index in [4.69, 9.17) is 9.84 Å². The number of ether oxygens (including phenoxy) is 1. The van der Waals surface area contributed by atoms with Crippen molar-refractivity contribution in [3.63, 3.8) is 0 Å². The van der Waals surface area contributed by atoms with Crippen LogP contribution in [0.5, 0.6) is 0 Å². The number of carboxylic acids is 1. The van der Waals surface area contributed by atoms with E-state index in [0.29, 0.717) is 19.7 Å². The monoisotopic (exact) mass is 264 g/mol. The highest BCUT2D eigenvalue weighted by molar-refractivity contribution is 5.93. The SMILES string of the molecule is C=CCN(CCOC)C(=O)c1ccc(C(=O)O)cn1. The van der Waals surface area contributed by atoms with Crippen LogP contribution in [0.3, 0.4) is 0 Å². The first-order valence-corrected chi connectivity index (χ1v) is 5.68. The van der Waals surface area contributed by atoms with Gasteiger partial charge in [-0.1, -0.05) is 6.08 Å². The molecule has 0 bridgehead atoms. The quantitative estimate of drug-likeness (QED) is 0.745. The van der Waals surface area contributed by atoms with Crippen LogP contribution < -0.4 is 0 Å². The Kier molecular flexibility index (Phi) is 5.69. The smallest absolute Gasteiger partial charge is 0.337 e. The predicted molar refractivity (Wildman–Crippen MR) is 69.2 cm³/mol. The Morgan fingerprint density at radius 2 is 2.26 bits per heavy atom. The summed E-state index contributed by atoms with van der Waals surface area (Å²) in [5, 5.41) is 8.76. The number of rotatable bonds is 7. The van der Waals surface area contributed by atoms with Crippen molar-refractivity contribution in [2.75, 3.05) is 26.8 Å². The molecule has 6 nitrogen and oxygen atoms in total. The van der Waals surface area contributed by atoms with Gasteiger partial charge in [0, 0.05) is 26.4 Å². The zero-order valence-electron chi connectivity index (χ0n) is 10.7. The molecule has 1 rings (SSSR count). The molecule has 1 aromatic heterocycles. The molecular formula is C13H16N2O4. The maximum Gasteiger partial charge on any atom is 0.337 e. The minimum atomic E-state index is -1.08. The molecule has 1 amide bonds. The first kappa shape index (κ1) is 14.8. The van der Waals surface area contributed by atoms with Crippen LogP contribution in [0.2, 0.25) is 0 Å². The van der Waals surface area contributed by atoms with Gasteiger partial charge in [0.1, 0.15) is 5.69 Å². The number of carbonyl (C=O) groups excluding carboxylic acids is 1. The van der Waals surface area contributed by atoms with Gasteiger partial charge in [-0.2, -0.15) is 0 Å². The van der Waals surface area contributed by atoms with Crippen LogP contribution in [-0.4, -0.2) is 53.7 Å². The molecule has 1 N–H and O–H groups in total. The average molecular weight is 264 g/mol. The molecule has 0 spiro atoms. The van der Waals surface area contributed by atoms with E-state index in [2.05, 4.69) is 11.6 Å². The molecule has 6 heteroatoms. The Labute approximate surface area is 111 Å². The topological polar surface area (TPSA) is 79.7 Å². The van der Waals surface area contributed by atoms with E-state index >= 15 is 0 Å². The number of carbonyl (C=O) groups is 2. The summed E-state index contributed by atoms with van der Waals surface area (Å²) in [7, 11) is 1.55. The summed E-state index contributed by atoms with van der Waals surface area (Å²) >= 11 is 0. The molecule has 19 heavy (non-hydrogen) atoms. The van der Waals surface area contributed by atoms with Crippen LogP contribution in [0.4, 0.5) is 0 Å². The number of aromatic nitrogens is 1. The molecule has 0 aliphatic rings. The first-order valence-electron chi connectivity index (χ1n) is 5.68. The third-order valence-corrected chi connectivity index (χ3v) is 2.43. The molecule has 0 saturated carbocycles. The van der Waals surface area contributed by atoms with Gasteiger partial charge in [0.15, 0.2) is 0 Å². The zero-order valence-corrected chi connectivity index (χ0v) is 10.7. The average Bonchev–Trinajstić information content (AvgIpc) is 2.42. The summed E-state index contributed by atoms with van der Waals surface area (Å²) in [5.41, 5.74) is 0.242. The number of methoxy groups -OCH3 is 1. The fraction of sp³-hybridized carbons (Fsp3) is 0.308. The third kappa shape index (κ3) is 4.18. The fourth-order valence-electron chi connectivity index (χ4n) is 1.44. The van der Waals surface area contributed by atoms with E-state index in [9.17, 15) is 9.59 Å². The van der Waals surface area contributed by atoms with Crippen LogP contribution in [0.15, 0.2) is 31.0 Å². The molecule has 0 unspecified atom stereocenters. The van der Waals surface area contributed by atoms with E-state index in [1.165, 1.54) is 17.0 Å². The molecule has 1 aromatic rings. The number of pyridine rings is 1. The Bertz CT molecular complexity index is 456. The standard InChI is InChI=1S/C13H16N2O4/c1-3-6-15(7-8-19-2)12(16)11-5-4-10(9-14-11)13(17)18/h3-5,9H,1,6-8H2,2H3,(H,17,18). The number of hydrogen-bond acceptors (Lipinski definition) is 4. The predicted octanol–water partition coefficient (Wildman–Crippen LogP) is 1.05. The zero-order chi connectivity index (χ0) is 14.3. The molecule has 0 atom stereocenters. The van der Waals surface area contributed by atoms with Crippen molar-refractivity contribution < 1.29 is 19.4 Å². The molecule has 1 heterocycles. The van der Waals surface area contributed by atoms with Crippen molar-refractivity contribution in [3.05, 3.63) is 42.2 Å². The van der Waals surface area contributed by atoms with Gasteiger partial charge < -0.3 is 14.7 Å². The van der Waals surface area contributed by atoms with Crippen molar-refractivity contribution in [1.82, 2.24) is 9.88 Å². The van der Waals surface area contributed by atoms with Gasteiger partial charge in [-0.3, -0.25) is 9.78 Å². The lowest BCUT2D eigenvalue weighted by Gasteiger charge is -2.20. The van der Waals surface area contributed by atoms with Crippen LogP contribution in [0.1, 0.15) is 20.8 Å². The molecule has 0 fully saturated rings. The minimum Gasteiger partial charge on any atom is -0.478 e. The number of carboxylic acid groups (broad SMARTS) is 1. The molecule has 0 aromatic carbocycles. The van der Waals surface area contributed by atoms with E-state index in [-0.39, 0.29) is 17.2 Å². The van der Waals surface area contributed by atoms with Gasteiger partial charge in [0.05, 0.1) is 12.2 Å². The van der Waals surface area contributed by atoms with Crippen molar-refractivity contribution in [2.45, 2.75) is 0 Å². The van der Waals surface area contributed by atoms with Crippen molar-refractivity contribution in [2.24, 2.45) is 0 Å². The molecule has 0 aliphatic heterocycles. The van der Waals surface area contributed by atoms with Crippen LogP contribution >= 0.6 is 0 Å². The molecule has 0 saturated heterocycles. The normalized spacial score (nSPS) is 9.95. The summed E-state index contributed by atoms with van der Waals surface area (Å²) in [6.45, 7) is 4.80. The third-order valence-electron chi connectivity index (χ3n) is 2.43. The number of aromatic carboxylic acids is 1. The summed E-state index contributed by atoms with van der Waals surface area (Å²) < 4.78 is 4.93. The Morgan fingerprint density at radius 3 is 2.74 bits per heavy atom. The Morgan fingerprint density at radius 1 is 1.53 bits per heavy atom. The number of amides is 1. The van der Waals surface area contributed by atoms with Gasteiger partial charge in [0.2, 0.25) is 0 Å². The second-order valence-corrected chi connectivity index (χ2v) is 3.77. The van der Waals surface area contributed by atoms with Crippen LogP contribution in [0, 0.1) is 0 Å². The van der Waals surface area contributed by atoms with E-state index in [0.717, 1.165) is 6.20 Å². The lowest BCUT2D eigenvalue weighted by Crippen LogP contribution is -2.34. The Balaban J connectivity index is 2.83. The van der Waals surface area contributed by atoms with Gasteiger partial charge in [-0.05, 0) is 12.1 Å². The fourth-order valence-corrected chi connectivity index (χ4v) is 1.44. The highest BCUT2D eigenvalue weighted by Crippen LogP contribution is 2.05. The van der Waals surface area contributed by atoms with Crippen LogP contribution in [-0.2, 0) is 4.74 Å². The van der Waals surface area contributed by atoms with Gasteiger partial charge >= 0.3 is 5.97 Å². The number of nitrogens with zero attached hydrogens (tertiary/aromatic N) is 2. The Hall–Kier alpha value is -2.21. The first-order chi connectivity index (χ1) is 9.10. The second kappa shape index (κ2) is 7.27. The highest BCUT2D eigenvalue weighted by Gasteiger charge is 2.16. The molecular weight excluding hydrogens is 248 g/mol. The van der Waals surface area contributed by atoms with E-state index < -0.39 is 5.97 Å². The highest BCUT2D eigenvalue weighted by atomic mass is 16.5. The largest absolute Gasteiger partial charge is 0.478 e. The van der Waals surface area contributed by atoms with Crippen molar-refractivity contribution >= 4 is 11.9 Å². The van der Waals surface area contributed by atoms with Gasteiger partial charge in [-0.25, -0.2) is 4.79 Å². The van der Waals surface area contributed by atoms with Gasteiger partial charge in [0.25, 0.3) is 5.91 Å². The van der Waals surface area contributed by atoms with Crippen molar-refractivity contribution in [1.29, 1.82) is 0 Å². The van der Waals surface area contributed by atoms with Gasteiger partial charge in [-0.15, -0.1) is 6.58 Å². The van der Waals surface area contributed by atoms with E-state index in [1.54, 1.807) is 13.2 Å². The summed E-state index contributed by atoms with van der Waals surface area (Å²) in [4.78, 5) is 28.2. The summed E-state index contributed by atoms with van der Waals surface area (Å²) in [6, 6.07) is 2.75. The summed E-state index contributed by atoms with van der Waals surface area (Å²) in [6.07, 6.45) is 2.77. The maximum atomic E-state index is 12.1. The second-order valence-electron chi connectivity index (χ2n) is 3.77. The number of hydrogen-bond donors (Lipinski definition) is 1. The van der Waals surface area contributed by atoms with Crippen LogP contribution in [0.25, 0.3) is 0 Å². The van der Waals surface area contributed by atoms with E-state index in [1.807, 2.05) is 0 Å². The molecule has 0 aliphatic carbocycles. The lowest BCUT2D eigenvalue weighted by atomic mass is 10.2. The molecule has 0 radical (unpaired) electrons.